The van der Waals surface area contributed by atoms with E-state index in [2.05, 4.69) is 15.6 Å². The van der Waals surface area contributed by atoms with Gasteiger partial charge in [-0.2, -0.15) is 0 Å². The van der Waals surface area contributed by atoms with Crippen molar-refractivity contribution in [2.24, 2.45) is 0 Å². The molecule has 11 heteroatoms. The first-order chi connectivity index (χ1) is 13.5. The van der Waals surface area contributed by atoms with E-state index in [0.717, 1.165) is 6.07 Å². The van der Waals surface area contributed by atoms with Crippen molar-refractivity contribution < 1.29 is 28.6 Å². The molecule has 154 valence electrons. The average molecular weight is 422 g/mol. The first-order valence-corrected chi connectivity index (χ1v) is 8.67. The molecule has 1 aromatic carbocycles. The molecule has 2 amide bonds. The zero-order valence-electron chi connectivity index (χ0n) is 15.8. The van der Waals surface area contributed by atoms with Crippen molar-refractivity contribution in [3.8, 4) is 11.5 Å². The summed E-state index contributed by atoms with van der Waals surface area (Å²) in [6.07, 6.45) is -0.734. The van der Waals surface area contributed by atoms with Crippen LogP contribution in [0.15, 0.2) is 36.5 Å². The van der Waals surface area contributed by atoms with Crippen LogP contribution in [0.25, 0.3) is 0 Å². The molecular weight excluding hydrogens is 403 g/mol. The zero-order chi connectivity index (χ0) is 21.6. The average Bonchev–Trinajstić information content (AvgIpc) is 2.57. The van der Waals surface area contributed by atoms with Gasteiger partial charge in [-0.3, -0.25) is 10.6 Å². The number of aromatic nitrogens is 1. The molecule has 0 fully saturated rings. The molecule has 0 radical (unpaired) electrons. The smallest absolute Gasteiger partial charge is 0.412 e. The van der Waals surface area contributed by atoms with E-state index < -0.39 is 23.6 Å². The van der Waals surface area contributed by atoms with Crippen molar-refractivity contribution in [1.29, 1.82) is 0 Å². The highest BCUT2D eigenvalue weighted by Gasteiger charge is 2.17. The number of carboxylic acid groups (broad SMARTS) is 1. The zero-order valence-corrected chi connectivity index (χ0v) is 16.6. The monoisotopic (exact) mass is 422 g/mol. The highest BCUT2D eigenvalue weighted by Crippen LogP contribution is 2.27. The molecule has 0 saturated heterocycles. The Morgan fingerprint density at radius 3 is 2.41 bits per heavy atom. The number of nitrogens with zero attached hydrogens (tertiary/aromatic N) is 1. The Hall–Kier alpha value is -3.47. The van der Waals surface area contributed by atoms with Crippen molar-refractivity contribution >= 4 is 41.0 Å². The van der Waals surface area contributed by atoms with Gasteiger partial charge in [-0.25, -0.2) is 19.0 Å². The topological polar surface area (TPSA) is 122 Å². The number of ether oxygens (including phenoxy) is 2. The Morgan fingerprint density at radius 2 is 1.83 bits per heavy atom. The maximum absolute atomic E-state index is 14.0. The third-order valence-corrected chi connectivity index (χ3v) is 3.21. The molecule has 9 nitrogen and oxygen atoms in total. The summed E-state index contributed by atoms with van der Waals surface area (Å²) in [5.41, 5.74) is -0.827. The Balaban J connectivity index is 2.04. The summed E-state index contributed by atoms with van der Waals surface area (Å²) in [7, 11) is 0. The molecule has 0 spiro atoms. The molecule has 29 heavy (non-hydrogen) atoms. The molecular formula is C18H19FN4O5S. The number of halogens is 1. The van der Waals surface area contributed by atoms with Crippen LogP contribution < -0.4 is 20.7 Å². The lowest BCUT2D eigenvalue weighted by molar-refractivity contribution is 0.0635. The van der Waals surface area contributed by atoms with Crippen LogP contribution in [0.2, 0.25) is 0 Å². The lowest BCUT2D eigenvalue weighted by Gasteiger charge is -2.20. The highest BCUT2D eigenvalue weighted by molar-refractivity contribution is 7.80. The summed E-state index contributed by atoms with van der Waals surface area (Å²) in [5, 5.41) is 15.3. The van der Waals surface area contributed by atoms with Gasteiger partial charge in [0.05, 0.1) is 11.9 Å². The van der Waals surface area contributed by atoms with Gasteiger partial charge in [-0.1, -0.05) is 0 Å². The van der Waals surface area contributed by atoms with Crippen LogP contribution in [0.5, 0.6) is 11.5 Å². The number of nitrogens with one attached hydrogen (secondary N) is 3. The van der Waals surface area contributed by atoms with Crippen molar-refractivity contribution in [2.45, 2.75) is 26.4 Å². The van der Waals surface area contributed by atoms with Gasteiger partial charge in [-0.05, 0) is 57.3 Å². The number of rotatable bonds is 4. The largest absolute Gasteiger partial charge is 0.465 e. The summed E-state index contributed by atoms with van der Waals surface area (Å²) in [5.74, 6) is 0.216. The Kier molecular flexibility index (Phi) is 6.89. The summed E-state index contributed by atoms with van der Waals surface area (Å²) in [6.45, 7) is 5.08. The van der Waals surface area contributed by atoms with Gasteiger partial charge in [0.25, 0.3) is 0 Å². The first kappa shape index (κ1) is 21.8. The quantitative estimate of drug-likeness (QED) is 0.537. The van der Waals surface area contributed by atoms with Gasteiger partial charge in [-0.15, -0.1) is 0 Å². The minimum atomic E-state index is -1.30. The lowest BCUT2D eigenvalue weighted by Crippen LogP contribution is -2.32. The Morgan fingerprint density at radius 1 is 1.14 bits per heavy atom. The van der Waals surface area contributed by atoms with E-state index in [1.807, 2.05) is 5.32 Å². The number of benzene rings is 1. The number of carbonyl (C=O) groups is 2. The van der Waals surface area contributed by atoms with E-state index in [1.54, 1.807) is 26.8 Å². The maximum atomic E-state index is 14.0. The number of anilines is 2. The molecule has 0 unspecified atom stereocenters. The summed E-state index contributed by atoms with van der Waals surface area (Å²) in [4.78, 5) is 26.4. The molecule has 2 aromatic rings. The van der Waals surface area contributed by atoms with E-state index in [1.165, 1.54) is 24.4 Å². The number of carbonyl (C=O) groups excluding carboxylic acids is 1. The van der Waals surface area contributed by atoms with Gasteiger partial charge in [0.2, 0.25) is 0 Å². The van der Waals surface area contributed by atoms with Crippen LogP contribution in [0.1, 0.15) is 20.8 Å². The van der Waals surface area contributed by atoms with Crippen LogP contribution in [-0.4, -0.2) is 33.0 Å². The molecule has 1 heterocycles. The number of thiocarbonyl (C=S) groups is 1. The van der Waals surface area contributed by atoms with Crippen LogP contribution in [-0.2, 0) is 4.74 Å². The molecule has 0 bridgehead atoms. The number of pyridine rings is 1. The normalized spacial score (nSPS) is 10.6. The molecule has 0 aliphatic heterocycles. The van der Waals surface area contributed by atoms with E-state index in [-0.39, 0.29) is 16.5 Å². The van der Waals surface area contributed by atoms with E-state index >= 15 is 0 Å². The second kappa shape index (κ2) is 9.15. The van der Waals surface area contributed by atoms with Gasteiger partial charge >= 0.3 is 12.2 Å². The molecule has 2 rings (SSSR count). The Bertz CT molecular complexity index is 915. The lowest BCUT2D eigenvalue weighted by atomic mass is 10.2. The highest BCUT2D eigenvalue weighted by atomic mass is 32.1. The number of hydrogen-bond acceptors (Lipinski definition) is 6. The predicted molar refractivity (Wildman–Crippen MR) is 108 cm³/mol. The fraction of sp³-hybridized carbons (Fsp3) is 0.222. The second-order valence-corrected chi connectivity index (χ2v) is 7.04. The van der Waals surface area contributed by atoms with Crippen LogP contribution in [0.4, 0.5) is 25.5 Å². The summed E-state index contributed by atoms with van der Waals surface area (Å²) < 4.78 is 24.6. The third kappa shape index (κ3) is 7.58. The maximum Gasteiger partial charge on any atom is 0.412 e. The van der Waals surface area contributed by atoms with Crippen LogP contribution >= 0.6 is 12.2 Å². The molecule has 0 atom stereocenters. The van der Waals surface area contributed by atoms with Gasteiger partial charge in [0.15, 0.2) is 5.11 Å². The van der Waals surface area contributed by atoms with E-state index in [9.17, 15) is 14.0 Å². The SMILES string of the molecule is CC(C)(C)OC(=O)Nc1cc(Oc2ccc(NC(=S)NC(=O)O)nc2)ccc1F. The second-order valence-electron chi connectivity index (χ2n) is 6.63. The van der Waals surface area contributed by atoms with Gasteiger partial charge in [0.1, 0.15) is 28.7 Å². The van der Waals surface area contributed by atoms with Crippen molar-refractivity contribution in [1.82, 2.24) is 10.3 Å². The molecule has 0 saturated carbocycles. The van der Waals surface area contributed by atoms with Gasteiger partial charge in [0, 0.05) is 6.07 Å². The molecule has 4 N–H and O–H groups in total. The third-order valence-electron chi connectivity index (χ3n) is 3.01. The fourth-order valence-corrected chi connectivity index (χ4v) is 2.16. The fourth-order valence-electron chi connectivity index (χ4n) is 1.97. The number of hydrogen-bond donors (Lipinski definition) is 4. The van der Waals surface area contributed by atoms with Crippen LogP contribution in [0.3, 0.4) is 0 Å². The molecule has 0 aliphatic carbocycles. The predicted octanol–water partition coefficient (Wildman–Crippen LogP) is 4.32. The molecule has 1 aromatic heterocycles. The first-order valence-electron chi connectivity index (χ1n) is 8.26. The number of amides is 2. The van der Waals surface area contributed by atoms with Crippen molar-refractivity contribution in [3.63, 3.8) is 0 Å². The summed E-state index contributed by atoms with van der Waals surface area (Å²) in [6, 6.07) is 6.88. The summed E-state index contributed by atoms with van der Waals surface area (Å²) >= 11 is 4.79. The minimum Gasteiger partial charge on any atom is -0.465 e. The van der Waals surface area contributed by atoms with Gasteiger partial charge < -0.3 is 19.9 Å². The van der Waals surface area contributed by atoms with Crippen molar-refractivity contribution in [2.75, 3.05) is 10.6 Å². The molecule has 0 aliphatic rings. The van der Waals surface area contributed by atoms with Crippen LogP contribution in [0, 0.1) is 5.82 Å². The minimum absolute atomic E-state index is 0.104. The standard InChI is InChI=1S/C18H19FN4O5S/c1-18(2,3)28-17(26)21-13-8-10(4-6-12(13)19)27-11-5-7-14(20-9-11)22-15(29)23-16(24)25/h4-9H,1-3H3,(H,21,26)(H,24,25)(H2,20,22,23,29). The van der Waals surface area contributed by atoms with E-state index in [4.69, 9.17) is 26.8 Å². The van der Waals surface area contributed by atoms with Crippen molar-refractivity contribution in [3.05, 3.63) is 42.3 Å². The Labute approximate surface area is 171 Å². The van der Waals surface area contributed by atoms with E-state index in [0.29, 0.717) is 11.6 Å².